The standard InChI is InChI=1S/C12H13BrO2S/c13-8-1-2-11-9(5-8)10(14)6-12(15-11)3-4-16-7-12/h1-2,5,10,14H,3-4,6-7H2/t10-,12?/m0/s1. The Hall–Kier alpha value is -0.190. The molecule has 4 heteroatoms. The number of rotatable bonds is 0. The Bertz CT molecular complexity index is 415. The van der Waals surface area contributed by atoms with Crippen LogP contribution in [0.25, 0.3) is 0 Å². The van der Waals surface area contributed by atoms with Gasteiger partial charge in [0.15, 0.2) is 0 Å². The van der Waals surface area contributed by atoms with Crippen LogP contribution >= 0.6 is 27.7 Å². The van der Waals surface area contributed by atoms with E-state index in [1.165, 1.54) is 0 Å². The maximum absolute atomic E-state index is 10.2. The smallest absolute Gasteiger partial charge is 0.126 e. The summed E-state index contributed by atoms with van der Waals surface area (Å²) in [5.41, 5.74) is 0.794. The zero-order valence-corrected chi connectivity index (χ0v) is 11.2. The highest BCUT2D eigenvalue weighted by Gasteiger charge is 2.43. The van der Waals surface area contributed by atoms with Crippen molar-refractivity contribution in [1.82, 2.24) is 0 Å². The molecule has 0 amide bonds. The topological polar surface area (TPSA) is 29.5 Å². The fourth-order valence-corrected chi connectivity index (χ4v) is 4.17. The Morgan fingerprint density at radius 1 is 1.50 bits per heavy atom. The monoisotopic (exact) mass is 300 g/mol. The average Bonchev–Trinajstić information content (AvgIpc) is 2.68. The third-order valence-electron chi connectivity index (χ3n) is 3.29. The summed E-state index contributed by atoms with van der Waals surface area (Å²) in [5, 5.41) is 10.2. The summed E-state index contributed by atoms with van der Waals surface area (Å²) >= 11 is 5.34. The fraction of sp³-hybridized carbons (Fsp3) is 0.500. The molecule has 2 nitrogen and oxygen atoms in total. The third kappa shape index (κ3) is 1.77. The van der Waals surface area contributed by atoms with Gasteiger partial charge in [-0.25, -0.2) is 0 Å². The Morgan fingerprint density at radius 2 is 2.38 bits per heavy atom. The molecule has 1 aromatic carbocycles. The molecule has 1 saturated heterocycles. The first-order valence-corrected chi connectivity index (χ1v) is 7.38. The highest BCUT2D eigenvalue weighted by molar-refractivity contribution is 9.10. The van der Waals surface area contributed by atoms with E-state index in [4.69, 9.17) is 4.74 Å². The van der Waals surface area contributed by atoms with Gasteiger partial charge >= 0.3 is 0 Å². The minimum atomic E-state index is -0.389. The summed E-state index contributed by atoms with van der Waals surface area (Å²) < 4.78 is 7.10. The largest absolute Gasteiger partial charge is 0.486 e. The van der Waals surface area contributed by atoms with E-state index in [0.717, 1.165) is 40.1 Å². The Balaban J connectivity index is 1.99. The second-order valence-electron chi connectivity index (χ2n) is 4.49. The highest BCUT2D eigenvalue weighted by atomic mass is 79.9. The molecule has 16 heavy (non-hydrogen) atoms. The molecular formula is C12H13BrO2S. The van der Waals surface area contributed by atoms with Gasteiger partial charge in [0.05, 0.1) is 6.10 Å². The minimum absolute atomic E-state index is 0.120. The summed E-state index contributed by atoms with van der Waals surface area (Å²) in [6.45, 7) is 0. The molecule has 1 spiro atoms. The molecule has 2 heterocycles. The van der Waals surface area contributed by atoms with Crippen LogP contribution in [0.15, 0.2) is 22.7 Å². The lowest BCUT2D eigenvalue weighted by atomic mass is 9.88. The van der Waals surface area contributed by atoms with E-state index in [9.17, 15) is 5.11 Å². The lowest BCUT2D eigenvalue weighted by Crippen LogP contribution is -2.41. The molecule has 2 aliphatic heterocycles. The van der Waals surface area contributed by atoms with Crippen LogP contribution in [0.5, 0.6) is 5.75 Å². The number of thioether (sulfide) groups is 1. The SMILES string of the molecule is O[C@H]1CC2(CCSC2)Oc2ccc(Br)cc21. The zero-order valence-electron chi connectivity index (χ0n) is 8.78. The summed E-state index contributed by atoms with van der Waals surface area (Å²) in [5.74, 6) is 2.99. The second kappa shape index (κ2) is 3.93. The van der Waals surface area contributed by atoms with Gasteiger partial charge in [-0.15, -0.1) is 0 Å². The van der Waals surface area contributed by atoms with Crippen molar-refractivity contribution in [3.05, 3.63) is 28.2 Å². The molecular weight excluding hydrogens is 288 g/mol. The Morgan fingerprint density at radius 3 is 3.12 bits per heavy atom. The average molecular weight is 301 g/mol. The highest BCUT2D eigenvalue weighted by Crippen LogP contribution is 2.46. The fourth-order valence-electron chi connectivity index (χ4n) is 2.44. The van der Waals surface area contributed by atoms with Gasteiger partial charge in [-0.05, 0) is 30.4 Å². The molecule has 0 saturated carbocycles. The maximum Gasteiger partial charge on any atom is 0.126 e. The molecule has 2 atom stereocenters. The van der Waals surface area contributed by atoms with E-state index in [1.54, 1.807) is 0 Å². The predicted molar refractivity (Wildman–Crippen MR) is 69.0 cm³/mol. The number of fused-ring (bicyclic) bond motifs is 1. The Labute approximate surface area is 108 Å². The van der Waals surface area contributed by atoms with E-state index >= 15 is 0 Å². The third-order valence-corrected chi connectivity index (χ3v) is 5.01. The van der Waals surface area contributed by atoms with Crippen molar-refractivity contribution in [2.24, 2.45) is 0 Å². The molecule has 1 aromatic rings. The van der Waals surface area contributed by atoms with Gasteiger partial charge in [-0.1, -0.05) is 15.9 Å². The molecule has 86 valence electrons. The van der Waals surface area contributed by atoms with Gasteiger partial charge < -0.3 is 9.84 Å². The molecule has 1 N–H and O–H groups in total. The van der Waals surface area contributed by atoms with Gasteiger partial charge in [-0.3, -0.25) is 0 Å². The van der Waals surface area contributed by atoms with Crippen LogP contribution in [0.1, 0.15) is 24.5 Å². The van der Waals surface area contributed by atoms with Crippen LogP contribution < -0.4 is 4.74 Å². The van der Waals surface area contributed by atoms with Crippen LogP contribution in [0.2, 0.25) is 0 Å². The van der Waals surface area contributed by atoms with Crippen molar-refractivity contribution < 1.29 is 9.84 Å². The summed E-state index contributed by atoms with van der Waals surface area (Å²) in [7, 11) is 0. The van der Waals surface area contributed by atoms with E-state index < -0.39 is 0 Å². The van der Waals surface area contributed by atoms with Gasteiger partial charge in [0.25, 0.3) is 0 Å². The molecule has 1 unspecified atom stereocenters. The minimum Gasteiger partial charge on any atom is -0.486 e. The second-order valence-corrected chi connectivity index (χ2v) is 6.51. The van der Waals surface area contributed by atoms with Gasteiger partial charge in [0.2, 0.25) is 0 Å². The van der Waals surface area contributed by atoms with Gasteiger partial charge in [-0.2, -0.15) is 11.8 Å². The molecule has 0 aromatic heterocycles. The molecule has 1 fully saturated rings. The van der Waals surface area contributed by atoms with Crippen LogP contribution in [0, 0.1) is 0 Å². The molecule has 3 rings (SSSR count). The van der Waals surface area contributed by atoms with E-state index in [0.29, 0.717) is 0 Å². The number of aliphatic hydroxyl groups excluding tert-OH is 1. The summed E-state index contributed by atoms with van der Waals surface area (Å²) in [6, 6.07) is 5.87. The Kier molecular flexibility index (Phi) is 2.68. The zero-order chi connectivity index (χ0) is 11.2. The first-order valence-electron chi connectivity index (χ1n) is 5.43. The summed E-state index contributed by atoms with van der Waals surface area (Å²) in [6.07, 6.45) is 1.38. The number of hydrogen-bond acceptors (Lipinski definition) is 3. The van der Waals surface area contributed by atoms with Crippen molar-refractivity contribution in [3.8, 4) is 5.75 Å². The van der Waals surface area contributed by atoms with Gasteiger partial charge in [0.1, 0.15) is 11.4 Å². The lowest BCUT2D eigenvalue weighted by molar-refractivity contribution is 0.00403. The quantitative estimate of drug-likeness (QED) is 0.798. The lowest BCUT2D eigenvalue weighted by Gasteiger charge is -2.37. The van der Waals surface area contributed by atoms with Crippen molar-refractivity contribution in [1.29, 1.82) is 0 Å². The number of halogens is 1. The molecule has 0 aliphatic carbocycles. The molecule has 0 radical (unpaired) electrons. The van der Waals surface area contributed by atoms with E-state index in [1.807, 2.05) is 30.0 Å². The van der Waals surface area contributed by atoms with Crippen LogP contribution in [0.4, 0.5) is 0 Å². The van der Waals surface area contributed by atoms with Crippen LogP contribution in [-0.4, -0.2) is 22.2 Å². The first-order chi connectivity index (χ1) is 7.69. The van der Waals surface area contributed by atoms with Crippen LogP contribution in [0.3, 0.4) is 0 Å². The number of aliphatic hydroxyl groups is 1. The van der Waals surface area contributed by atoms with Gasteiger partial charge in [0, 0.05) is 22.2 Å². The normalized spacial score (nSPS) is 32.5. The number of hydrogen-bond donors (Lipinski definition) is 1. The summed E-state index contributed by atoms with van der Waals surface area (Å²) in [4.78, 5) is 0. The van der Waals surface area contributed by atoms with Crippen molar-refractivity contribution in [2.45, 2.75) is 24.5 Å². The molecule has 2 aliphatic rings. The first kappa shape index (κ1) is 10.9. The van der Waals surface area contributed by atoms with Crippen molar-refractivity contribution >= 4 is 27.7 Å². The van der Waals surface area contributed by atoms with Crippen molar-refractivity contribution in [3.63, 3.8) is 0 Å². The van der Waals surface area contributed by atoms with E-state index in [2.05, 4.69) is 15.9 Å². The number of ether oxygens (including phenoxy) is 1. The van der Waals surface area contributed by atoms with Crippen molar-refractivity contribution in [2.75, 3.05) is 11.5 Å². The predicted octanol–water partition coefficient (Wildman–Crippen LogP) is 3.14. The van der Waals surface area contributed by atoms with E-state index in [-0.39, 0.29) is 11.7 Å². The number of benzene rings is 1. The molecule has 0 bridgehead atoms. The van der Waals surface area contributed by atoms with Crippen LogP contribution in [-0.2, 0) is 0 Å². The maximum atomic E-state index is 10.2.